The predicted molar refractivity (Wildman–Crippen MR) is 141 cm³/mol. The highest BCUT2D eigenvalue weighted by Crippen LogP contribution is 2.32. The fourth-order valence-corrected chi connectivity index (χ4v) is 5.51. The zero-order valence-corrected chi connectivity index (χ0v) is 25.5. The van der Waals surface area contributed by atoms with Crippen molar-refractivity contribution in [3.8, 4) is 0 Å². The Balaban J connectivity index is 2.29. The summed E-state index contributed by atoms with van der Waals surface area (Å²) in [5, 5.41) is 20.8. The molecule has 2 heterocycles. The van der Waals surface area contributed by atoms with Crippen LogP contribution in [0.25, 0.3) is 0 Å². The van der Waals surface area contributed by atoms with Crippen LogP contribution in [0.2, 0.25) is 0 Å². The van der Waals surface area contributed by atoms with Crippen molar-refractivity contribution >= 4 is 0 Å². The van der Waals surface area contributed by atoms with Crippen molar-refractivity contribution < 1.29 is 71.8 Å². The summed E-state index contributed by atoms with van der Waals surface area (Å²) in [5.41, 5.74) is 0. The monoisotopic (exact) mass is 602 g/mol. The third-order valence-corrected chi connectivity index (χ3v) is 7.46. The van der Waals surface area contributed by atoms with Gasteiger partial charge in [0.05, 0.1) is 26.4 Å². The average molecular weight is 603 g/mol. The lowest BCUT2D eigenvalue weighted by Gasteiger charge is -2.47. The van der Waals surface area contributed by atoms with E-state index in [-0.39, 0.29) is 13.2 Å². The van der Waals surface area contributed by atoms with Crippen molar-refractivity contribution in [1.29, 1.82) is 0 Å². The molecule has 2 aliphatic rings. The van der Waals surface area contributed by atoms with E-state index < -0.39 is 92.9 Å². The first-order valence-electron chi connectivity index (χ1n) is 13.4. The van der Waals surface area contributed by atoms with Crippen molar-refractivity contribution in [1.82, 2.24) is 0 Å². The SMILES string of the molecule is COC[C@H]1O[C@@H](O[C@H](CO)C(OC)[C@@H](CO)O[C@@H]2O[C@H](COC)[C@@H](OC)[C@H](OC)[C@H]2OC)[C@H](OC)[C@@H](OC)[C@@H]1OC. The molecule has 0 bridgehead atoms. The summed E-state index contributed by atoms with van der Waals surface area (Å²) in [6, 6.07) is 0. The second kappa shape index (κ2) is 18.9. The highest BCUT2D eigenvalue weighted by molar-refractivity contribution is 4.95. The van der Waals surface area contributed by atoms with Gasteiger partial charge in [0.25, 0.3) is 0 Å². The predicted octanol–water partition coefficient (Wildman–Crippen LogP) is -1.41. The molecule has 2 aliphatic heterocycles. The Morgan fingerprint density at radius 1 is 0.512 bits per heavy atom. The van der Waals surface area contributed by atoms with E-state index in [1.807, 2.05) is 0 Å². The molecule has 15 nitrogen and oxygen atoms in total. The minimum Gasteiger partial charge on any atom is -0.394 e. The first kappa shape index (κ1) is 36.6. The molecule has 2 rings (SSSR count). The standard InChI is InChI=1S/C26H50O15/c1-29-12-16-19(32-4)21(34-6)23(36-8)25(40-16)38-14(10-27)18(31-3)15(11-28)39-26-24(37-9)22(35-7)20(33-5)17(41-26)13-30-2/h14-28H,10-13H2,1-9H3/t14-,15-,16-,17-,19-,20-,21+,22+,23-,24-,25-,26-/m1/s1. The minimum absolute atomic E-state index is 0.192. The first-order valence-corrected chi connectivity index (χ1v) is 13.4. The van der Waals surface area contributed by atoms with Crippen LogP contribution in [0.4, 0.5) is 0 Å². The van der Waals surface area contributed by atoms with Gasteiger partial charge in [0, 0.05) is 64.0 Å². The molecule has 0 aliphatic carbocycles. The fraction of sp³-hybridized carbons (Fsp3) is 1.00. The molecular weight excluding hydrogens is 552 g/mol. The second-order valence-electron chi connectivity index (χ2n) is 9.61. The van der Waals surface area contributed by atoms with Crippen LogP contribution in [0, 0.1) is 0 Å². The fourth-order valence-electron chi connectivity index (χ4n) is 5.51. The summed E-state index contributed by atoms with van der Waals surface area (Å²) in [4.78, 5) is 0. The molecule has 2 N–H and O–H groups in total. The van der Waals surface area contributed by atoms with E-state index in [1.54, 1.807) is 0 Å². The molecule has 41 heavy (non-hydrogen) atoms. The van der Waals surface area contributed by atoms with Gasteiger partial charge in [-0.1, -0.05) is 0 Å². The van der Waals surface area contributed by atoms with Crippen molar-refractivity contribution in [2.75, 3.05) is 90.4 Å². The van der Waals surface area contributed by atoms with E-state index >= 15 is 0 Å². The van der Waals surface area contributed by atoms with Crippen molar-refractivity contribution in [2.45, 2.75) is 79.7 Å². The zero-order chi connectivity index (χ0) is 30.5. The number of aliphatic hydroxyl groups excluding tert-OH is 2. The van der Waals surface area contributed by atoms with Crippen LogP contribution in [-0.4, -0.2) is 180 Å². The van der Waals surface area contributed by atoms with E-state index in [0.717, 1.165) is 0 Å². The quantitative estimate of drug-likeness (QED) is 0.177. The van der Waals surface area contributed by atoms with Crippen molar-refractivity contribution in [3.63, 3.8) is 0 Å². The molecule has 0 aromatic heterocycles. The summed E-state index contributed by atoms with van der Waals surface area (Å²) in [6.45, 7) is -0.630. The van der Waals surface area contributed by atoms with Crippen molar-refractivity contribution in [2.24, 2.45) is 0 Å². The molecular formula is C26H50O15. The maximum Gasteiger partial charge on any atom is 0.187 e. The Bertz CT molecular complexity index is 635. The molecule has 0 amide bonds. The summed E-state index contributed by atoms with van der Waals surface area (Å²) in [5.74, 6) is 0. The summed E-state index contributed by atoms with van der Waals surface area (Å²) >= 11 is 0. The van der Waals surface area contributed by atoms with Gasteiger partial charge in [-0.25, -0.2) is 0 Å². The number of ether oxygens (including phenoxy) is 13. The maximum atomic E-state index is 10.4. The van der Waals surface area contributed by atoms with E-state index in [2.05, 4.69) is 0 Å². The number of aliphatic hydroxyl groups is 2. The summed E-state index contributed by atoms with van der Waals surface area (Å²) in [7, 11) is 13.6. The Morgan fingerprint density at radius 2 is 0.854 bits per heavy atom. The van der Waals surface area contributed by atoms with Gasteiger partial charge in [-0.05, 0) is 0 Å². The molecule has 244 valence electrons. The molecule has 0 radical (unpaired) electrons. The van der Waals surface area contributed by atoms with Crippen LogP contribution in [0.3, 0.4) is 0 Å². The van der Waals surface area contributed by atoms with Gasteiger partial charge >= 0.3 is 0 Å². The minimum atomic E-state index is -1.04. The normalized spacial score (nSPS) is 36.7. The second-order valence-corrected chi connectivity index (χ2v) is 9.61. The number of rotatable bonds is 19. The molecule has 0 spiro atoms. The maximum absolute atomic E-state index is 10.4. The van der Waals surface area contributed by atoms with Crippen molar-refractivity contribution in [3.05, 3.63) is 0 Å². The topological polar surface area (TPSA) is 160 Å². The molecule has 2 saturated heterocycles. The zero-order valence-electron chi connectivity index (χ0n) is 25.5. The average Bonchev–Trinajstić information content (AvgIpc) is 2.99. The molecule has 15 heteroatoms. The third-order valence-electron chi connectivity index (χ3n) is 7.46. The highest BCUT2D eigenvalue weighted by Gasteiger charge is 2.51. The van der Waals surface area contributed by atoms with Gasteiger partial charge in [-0.3, -0.25) is 0 Å². The number of hydrogen-bond acceptors (Lipinski definition) is 15. The molecule has 0 saturated carbocycles. The summed E-state index contributed by atoms with van der Waals surface area (Å²) in [6.07, 6.45) is -9.88. The molecule has 2 fully saturated rings. The van der Waals surface area contributed by atoms with Crippen LogP contribution in [0.1, 0.15) is 0 Å². The number of methoxy groups -OCH3 is 9. The van der Waals surface area contributed by atoms with Gasteiger partial charge in [0.1, 0.15) is 67.1 Å². The van der Waals surface area contributed by atoms with E-state index in [4.69, 9.17) is 61.6 Å². The third kappa shape index (κ3) is 8.74. The Kier molecular flexibility index (Phi) is 16.9. The van der Waals surface area contributed by atoms with Gasteiger partial charge in [0.2, 0.25) is 0 Å². The van der Waals surface area contributed by atoms with Crippen LogP contribution in [0.15, 0.2) is 0 Å². The first-order chi connectivity index (χ1) is 19.9. The van der Waals surface area contributed by atoms with E-state index in [9.17, 15) is 10.2 Å². The molecule has 0 aromatic carbocycles. The van der Waals surface area contributed by atoms with Crippen LogP contribution >= 0.6 is 0 Å². The summed E-state index contributed by atoms with van der Waals surface area (Å²) < 4.78 is 75.0. The lowest BCUT2D eigenvalue weighted by molar-refractivity contribution is -0.346. The van der Waals surface area contributed by atoms with Crippen LogP contribution in [-0.2, 0) is 61.6 Å². The molecule has 0 unspecified atom stereocenters. The Morgan fingerprint density at radius 3 is 1.10 bits per heavy atom. The lowest BCUT2D eigenvalue weighted by atomic mass is 9.98. The van der Waals surface area contributed by atoms with Gasteiger partial charge in [-0.15, -0.1) is 0 Å². The van der Waals surface area contributed by atoms with E-state index in [1.165, 1.54) is 64.0 Å². The Labute approximate surface area is 242 Å². The van der Waals surface area contributed by atoms with Crippen LogP contribution in [0.5, 0.6) is 0 Å². The number of hydrogen-bond donors (Lipinski definition) is 2. The van der Waals surface area contributed by atoms with Crippen LogP contribution < -0.4 is 0 Å². The largest absolute Gasteiger partial charge is 0.394 e. The molecule has 0 aromatic rings. The van der Waals surface area contributed by atoms with E-state index in [0.29, 0.717) is 0 Å². The van der Waals surface area contributed by atoms with Gasteiger partial charge in [-0.2, -0.15) is 0 Å². The smallest absolute Gasteiger partial charge is 0.187 e. The highest BCUT2D eigenvalue weighted by atomic mass is 16.8. The van der Waals surface area contributed by atoms with Gasteiger partial charge in [0.15, 0.2) is 12.6 Å². The lowest BCUT2D eigenvalue weighted by Crippen LogP contribution is -2.63. The Hall–Kier alpha value is -0.600. The van der Waals surface area contributed by atoms with Gasteiger partial charge < -0.3 is 71.8 Å². The molecule has 12 atom stereocenters.